The fraction of sp³-hybridized carbons (Fsp3) is 0.353. The van der Waals surface area contributed by atoms with Crippen molar-refractivity contribution in [1.82, 2.24) is 9.88 Å². The largest absolute Gasteiger partial charge is 0.396 e. The van der Waals surface area contributed by atoms with Gasteiger partial charge in [0, 0.05) is 48.9 Å². The summed E-state index contributed by atoms with van der Waals surface area (Å²) in [6.07, 6.45) is 6.12. The number of aliphatic hydroxyl groups excluding tert-OH is 1. The monoisotopic (exact) mass is 286 g/mol. The molecule has 1 atom stereocenters. The lowest BCUT2D eigenvalue weighted by Gasteiger charge is -2.09. The van der Waals surface area contributed by atoms with E-state index in [9.17, 15) is 4.79 Å². The van der Waals surface area contributed by atoms with Crippen LogP contribution >= 0.6 is 0 Å². The molecule has 0 saturated carbocycles. The highest BCUT2D eigenvalue weighted by Gasteiger charge is 2.05. The van der Waals surface area contributed by atoms with Gasteiger partial charge in [-0.3, -0.25) is 4.79 Å². The molecule has 112 valence electrons. The number of hydrogen-bond acceptors (Lipinski definition) is 2. The van der Waals surface area contributed by atoms with Gasteiger partial charge in [0.1, 0.15) is 0 Å². The maximum atomic E-state index is 11.8. The minimum absolute atomic E-state index is 0.104. The van der Waals surface area contributed by atoms with E-state index in [2.05, 4.69) is 22.0 Å². The average molecular weight is 286 g/mol. The van der Waals surface area contributed by atoms with Crippen LogP contribution in [-0.2, 0) is 11.8 Å². The molecule has 0 aliphatic carbocycles. The first kappa shape index (κ1) is 15.3. The minimum Gasteiger partial charge on any atom is -0.396 e. The van der Waals surface area contributed by atoms with Crippen molar-refractivity contribution in [2.75, 3.05) is 13.2 Å². The van der Waals surface area contributed by atoms with Crippen LogP contribution in [0.25, 0.3) is 17.0 Å². The van der Waals surface area contributed by atoms with Crippen LogP contribution in [0.3, 0.4) is 0 Å². The SMILES string of the molecule is CC(CCO)CNC(=O)/C=C/c1cn(C)c2ccccc12. The van der Waals surface area contributed by atoms with Gasteiger partial charge in [-0.15, -0.1) is 0 Å². The molecule has 1 unspecified atom stereocenters. The van der Waals surface area contributed by atoms with Crippen molar-refractivity contribution in [1.29, 1.82) is 0 Å². The lowest BCUT2D eigenvalue weighted by atomic mass is 10.1. The molecule has 0 fully saturated rings. The Morgan fingerprint density at radius 1 is 1.43 bits per heavy atom. The molecular weight excluding hydrogens is 264 g/mol. The number of nitrogens with one attached hydrogen (secondary N) is 1. The van der Waals surface area contributed by atoms with Gasteiger partial charge in [0.15, 0.2) is 0 Å². The quantitative estimate of drug-likeness (QED) is 0.801. The van der Waals surface area contributed by atoms with Crippen molar-refractivity contribution in [3.8, 4) is 0 Å². The van der Waals surface area contributed by atoms with Crippen molar-refractivity contribution >= 4 is 22.9 Å². The summed E-state index contributed by atoms with van der Waals surface area (Å²) < 4.78 is 2.05. The Morgan fingerprint density at radius 2 is 2.19 bits per heavy atom. The van der Waals surface area contributed by atoms with Gasteiger partial charge < -0.3 is 15.0 Å². The Kier molecular flexibility index (Phi) is 5.17. The molecule has 0 aliphatic heterocycles. The summed E-state index contributed by atoms with van der Waals surface area (Å²) in [5, 5.41) is 12.8. The van der Waals surface area contributed by atoms with Gasteiger partial charge in [0.2, 0.25) is 5.91 Å². The topological polar surface area (TPSA) is 54.3 Å². The summed E-state index contributed by atoms with van der Waals surface area (Å²) in [5.41, 5.74) is 2.18. The predicted molar refractivity (Wildman–Crippen MR) is 85.8 cm³/mol. The van der Waals surface area contributed by atoms with Crippen molar-refractivity contribution in [2.45, 2.75) is 13.3 Å². The zero-order chi connectivity index (χ0) is 15.2. The average Bonchev–Trinajstić information content (AvgIpc) is 2.80. The molecule has 0 aliphatic rings. The third-order valence-corrected chi connectivity index (χ3v) is 3.59. The van der Waals surface area contributed by atoms with Crippen LogP contribution in [-0.4, -0.2) is 28.7 Å². The summed E-state index contributed by atoms with van der Waals surface area (Å²) >= 11 is 0. The standard InChI is InChI=1S/C17H22N2O2/c1-13(9-10-20)11-18-17(21)8-7-14-12-19(2)16-6-4-3-5-15(14)16/h3-8,12-13,20H,9-11H2,1-2H3,(H,18,21)/b8-7+. The molecular formula is C17H22N2O2. The molecule has 2 aromatic rings. The first-order chi connectivity index (χ1) is 10.1. The Hall–Kier alpha value is -2.07. The number of rotatable bonds is 6. The van der Waals surface area contributed by atoms with E-state index in [1.165, 1.54) is 0 Å². The molecule has 1 amide bonds. The molecule has 0 saturated heterocycles. The number of nitrogens with zero attached hydrogens (tertiary/aromatic N) is 1. The van der Waals surface area contributed by atoms with E-state index >= 15 is 0 Å². The Morgan fingerprint density at radius 3 is 2.95 bits per heavy atom. The third kappa shape index (κ3) is 3.95. The molecule has 4 nitrogen and oxygen atoms in total. The number of hydrogen-bond donors (Lipinski definition) is 2. The fourth-order valence-corrected chi connectivity index (χ4v) is 2.33. The van der Waals surface area contributed by atoms with E-state index < -0.39 is 0 Å². The molecule has 1 aromatic carbocycles. The number of carbonyl (C=O) groups excluding carboxylic acids is 1. The molecule has 1 aromatic heterocycles. The molecule has 0 radical (unpaired) electrons. The second kappa shape index (κ2) is 7.09. The molecule has 0 spiro atoms. The van der Waals surface area contributed by atoms with Gasteiger partial charge >= 0.3 is 0 Å². The molecule has 0 bridgehead atoms. The van der Waals surface area contributed by atoms with Crippen LogP contribution in [0.5, 0.6) is 0 Å². The van der Waals surface area contributed by atoms with Gasteiger partial charge in [-0.25, -0.2) is 0 Å². The van der Waals surface area contributed by atoms with Gasteiger partial charge in [0.05, 0.1) is 0 Å². The zero-order valence-electron chi connectivity index (χ0n) is 12.5. The summed E-state index contributed by atoms with van der Waals surface area (Å²) in [5.74, 6) is 0.178. The lowest BCUT2D eigenvalue weighted by molar-refractivity contribution is -0.116. The van der Waals surface area contributed by atoms with Crippen molar-refractivity contribution in [3.05, 3.63) is 42.1 Å². The van der Waals surface area contributed by atoms with Crippen molar-refractivity contribution < 1.29 is 9.90 Å². The Balaban J connectivity index is 2.01. The number of amides is 1. The number of fused-ring (bicyclic) bond motifs is 1. The summed E-state index contributed by atoms with van der Waals surface area (Å²) in [7, 11) is 2.00. The smallest absolute Gasteiger partial charge is 0.244 e. The summed E-state index contributed by atoms with van der Waals surface area (Å²) in [6, 6.07) is 8.11. The van der Waals surface area contributed by atoms with E-state index in [1.807, 2.05) is 38.4 Å². The van der Waals surface area contributed by atoms with Gasteiger partial charge in [0.25, 0.3) is 0 Å². The fourth-order valence-electron chi connectivity index (χ4n) is 2.33. The molecule has 2 N–H and O–H groups in total. The Labute approximate surface area is 125 Å². The van der Waals surface area contributed by atoms with Crippen LogP contribution in [0, 0.1) is 5.92 Å². The molecule has 2 rings (SSSR count). The second-order valence-electron chi connectivity index (χ2n) is 5.41. The number of para-hydroxylation sites is 1. The van der Waals surface area contributed by atoms with E-state index in [-0.39, 0.29) is 18.4 Å². The van der Waals surface area contributed by atoms with Gasteiger partial charge in [-0.2, -0.15) is 0 Å². The third-order valence-electron chi connectivity index (χ3n) is 3.59. The van der Waals surface area contributed by atoms with Crippen LogP contribution in [0.2, 0.25) is 0 Å². The molecule has 4 heteroatoms. The number of aryl methyl sites for hydroxylation is 1. The summed E-state index contributed by atoms with van der Waals surface area (Å²) in [4.78, 5) is 11.8. The van der Waals surface area contributed by atoms with Crippen LogP contribution in [0.4, 0.5) is 0 Å². The number of aromatic nitrogens is 1. The Bertz CT molecular complexity index is 643. The number of carbonyl (C=O) groups is 1. The molecule has 21 heavy (non-hydrogen) atoms. The summed E-state index contributed by atoms with van der Waals surface area (Å²) in [6.45, 7) is 2.74. The first-order valence-electron chi connectivity index (χ1n) is 7.22. The number of benzene rings is 1. The maximum absolute atomic E-state index is 11.8. The highest BCUT2D eigenvalue weighted by Crippen LogP contribution is 2.21. The second-order valence-corrected chi connectivity index (χ2v) is 5.41. The maximum Gasteiger partial charge on any atom is 0.244 e. The van der Waals surface area contributed by atoms with Crippen LogP contribution in [0.15, 0.2) is 36.5 Å². The highest BCUT2D eigenvalue weighted by atomic mass is 16.3. The van der Waals surface area contributed by atoms with Crippen LogP contribution in [0.1, 0.15) is 18.9 Å². The van der Waals surface area contributed by atoms with Crippen LogP contribution < -0.4 is 5.32 Å². The zero-order valence-corrected chi connectivity index (χ0v) is 12.5. The van der Waals surface area contributed by atoms with Crippen molar-refractivity contribution in [3.63, 3.8) is 0 Å². The van der Waals surface area contributed by atoms with E-state index in [4.69, 9.17) is 5.11 Å². The number of aliphatic hydroxyl groups is 1. The van der Waals surface area contributed by atoms with E-state index in [1.54, 1.807) is 6.08 Å². The van der Waals surface area contributed by atoms with E-state index in [0.29, 0.717) is 13.0 Å². The van der Waals surface area contributed by atoms with Gasteiger partial charge in [-0.1, -0.05) is 25.1 Å². The van der Waals surface area contributed by atoms with Gasteiger partial charge in [-0.05, 0) is 24.5 Å². The minimum atomic E-state index is -0.104. The highest BCUT2D eigenvalue weighted by molar-refractivity contribution is 5.96. The molecule has 1 heterocycles. The first-order valence-corrected chi connectivity index (χ1v) is 7.22. The van der Waals surface area contributed by atoms with E-state index in [0.717, 1.165) is 16.5 Å². The predicted octanol–water partition coefficient (Wildman–Crippen LogP) is 2.33. The normalized spacial score (nSPS) is 12.9. The van der Waals surface area contributed by atoms with Crippen molar-refractivity contribution in [2.24, 2.45) is 13.0 Å². The lowest BCUT2D eigenvalue weighted by Crippen LogP contribution is -2.26.